The molecule has 1 heterocycles. The summed E-state index contributed by atoms with van der Waals surface area (Å²) < 4.78 is 0. The highest BCUT2D eigenvalue weighted by molar-refractivity contribution is 6.06. The molecule has 2 N–H and O–H groups in total. The monoisotopic (exact) mass is 375 g/mol. The van der Waals surface area contributed by atoms with Crippen LogP contribution in [0.1, 0.15) is 48.8 Å². The summed E-state index contributed by atoms with van der Waals surface area (Å²) in [6, 6.07) is 14.1. The SMILES string of the molecule is CCN(CC)c1ccc(NC(=O)c2ccc3[nH]c4c(c3c2)C[C@@H](C)CC4)cc1. The summed E-state index contributed by atoms with van der Waals surface area (Å²) in [5.74, 6) is 0.643. The van der Waals surface area contributed by atoms with Crippen molar-refractivity contribution in [3.05, 3.63) is 59.3 Å². The molecule has 0 spiro atoms. The Bertz CT molecular complexity index is 983. The van der Waals surface area contributed by atoms with Crippen LogP contribution in [0.5, 0.6) is 0 Å². The van der Waals surface area contributed by atoms with E-state index in [1.54, 1.807) is 0 Å². The number of hydrogen-bond donors (Lipinski definition) is 2. The largest absolute Gasteiger partial charge is 0.372 e. The Balaban J connectivity index is 1.55. The Hall–Kier alpha value is -2.75. The molecule has 4 nitrogen and oxygen atoms in total. The zero-order valence-corrected chi connectivity index (χ0v) is 17.0. The van der Waals surface area contributed by atoms with Crippen LogP contribution in [-0.2, 0) is 12.8 Å². The van der Waals surface area contributed by atoms with Crippen molar-refractivity contribution < 1.29 is 4.79 Å². The van der Waals surface area contributed by atoms with Crippen molar-refractivity contribution in [2.24, 2.45) is 5.92 Å². The number of carbonyl (C=O) groups excluding carboxylic acids is 1. The van der Waals surface area contributed by atoms with Gasteiger partial charge in [0.2, 0.25) is 0 Å². The molecule has 0 bridgehead atoms. The van der Waals surface area contributed by atoms with E-state index in [0.29, 0.717) is 11.5 Å². The summed E-state index contributed by atoms with van der Waals surface area (Å²) in [7, 11) is 0. The van der Waals surface area contributed by atoms with Gasteiger partial charge in [0.1, 0.15) is 0 Å². The molecule has 0 unspecified atom stereocenters. The van der Waals surface area contributed by atoms with Crippen LogP contribution in [0.2, 0.25) is 0 Å². The first-order chi connectivity index (χ1) is 13.6. The molecule has 0 fully saturated rings. The van der Waals surface area contributed by atoms with Crippen LogP contribution in [0.25, 0.3) is 10.9 Å². The number of carbonyl (C=O) groups is 1. The Labute approximate surface area is 166 Å². The van der Waals surface area contributed by atoms with Crippen molar-refractivity contribution in [3.8, 4) is 0 Å². The van der Waals surface area contributed by atoms with Crippen molar-refractivity contribution in [1.29, 1.82) is 0 Å². The van der Waals surface area contributed by atoms with Crippen LogP contribution < -0.4 is 10.2 Å². The minimum absolute atomic E-state index is 0.0590. The second-order valence-corrected chi connectivity index (χ2v) is 7.86. The molecule has 3 aromatic rings. The van der Waals surface area contributed by atoms with Gasteiger partial charge in [0.25, 0.3) is 5.91 Å². The zero-order chi connectivity index (χ0) is 19.7. The first kappa shape index (κ1) is 18.6. The van der Waals surface area contributed by atoms with E-state index >= 15 is 0 Å². The number of aromatic nitrogens is 1. The van der Waals surface area contributed by atoms with Gasteiger partial charge >= 0.3 is 0 Å². The highest BCUT2D eigenvalue weighted by atomic mass is 16.1. The third-order valence-corrected chi connectivity index (χ3v) is 5.95. The molecule has 1 aromatic heterocycles. The summed E-state index contributed by atoms with van der Waals surface area (Å²) in [6.45, 7) is 8.55. The fourth-order valence-electron chi connectivity index (χ4n) is 4.28. The summed E-state index contributed by atoms with van der Waals surface area (Å²) >= 11 is 0. The molecule has 146 valence electrons. The van der Waals surface area contributed by atoms with Gasteiger partial charge in [-0.05, 0) is 87.1 Å². The molecule has 1 atom stereocenters. The van der Waals surface area contributed by atoms with Gasteiger partial charge in [-0.15, -0.1) is 0 Å². The van der Waals surface area contributed by atoms with Gasteiger partial charge in [-0.25, -0.2) is 0 Å². The molecule has 28 heavy (non-hydrogen) atoms. The van der Waals surface area contributed by atoms with Gasteiger partial charge in [-0.1, -0.05) is 6.92 Å². The number of anilines is 2. The van der Waals surface area contributed by atoms with Gasteiger partial charge in [0, 0.05) is 46.6 Å². The minimum Gasteiger partial charge on any atom is -0.372 e. The maximum atomic E-state index is 12.8. The predicted octanol–water partition coefficient (Wildman–Crippen LogP) is 5.39. The van der Waals surface area contributed by atoms with E-state index in [9.17, 15) is 4.79 Å². The predicted molar refractivity (Wildman–Crippen MR) is 117 cm³/mol. The van der Waals surface area contributed by atoms with Gasteiger partial charge in [-0.3, -0.25) is 4.79 Å². The standard InChI is InChI=1S/C24H29N3O/c1-4-27(5-2)19-10-8-18(9-11-19)25-24(28)17-7-13-23-21(15-17)20-14-16(3)6-12-22(20)26-23/h7-11,13,15-16,26H,4-6,12,14H2,1-3H3,(H,25,28)/t16-/m0/s1. The lowest BCUT2D eigenvalue weighted by atomic mass is 9.87. The molecule has 1 aliphatic carbocycles. The molecule has 0 radical (unpaired) electrons. The Kier molecular flexibility index (Phi) is 5.12. The number of nitrogens with one attached hydrogen (secondary N) is 2. The van der Waals surface area contributed by atoms with Gasteiger partial charge in [0.05, 0.1) is 0 Å². The first-order valence-corrected chi connectivity index (χ1v) is 10.4. The third-order valence-electron chi connectivity index (χ3n) is 5.95. The Morgan fingerprint density at radius 2 is 1.89 bits per heavy atom. The summed E-state index contributed by atoms with van der Waals surface area (Å²) in [6.07, 6.45) is 3.43. The van der Waals surface area contributed by atoms with Crippen molar-refractivity contribution in [1.82, 2.24) is 4.98 Å². The van der Waals surface area contributed by atoms with E-state index in [1.165, 1.54) is 28.8 Å². The molecule has 0 saturated carbocycles. The highest BCUT2D eigenvalue weighted by Gasteiger charge is 2.20. The lowest BCUT2D eigenvalue weighted by Crippen LogP contribution is -2.21. The lowest BCUT2D eigenvalue weighted by Gasteiger charge is -2.21. The molecule has 4 rings (SSSR count). The lowest BCUT2D eigenvalue weighted by molar-refractivity contribution is 0.102. The molecule has 0 saturated heterocycles. The smallest absolute Gasteiger partial charge is 0.255 e. The van der Waals surface area contributed by atoms with E-state index in [2.05, 4.69) is 48.1 Å². The van der Waals surface area contributed by atoms with Crippen LogP contribution >= 0.6 is 0 Å². The van der Waals surface area contributed by atoms with Crippen molar-refractivity contribution >= 4 is 28.2 Å². The number of hydrogen-bond acceptors (Lipinski definition) is 2. The second-order valence-electron chi connectivity index (χ2n) is 7.86. The normalized spacial score (nSPS) is 16.0. The maximum Gasteiger partial charge on any atom is 0.255 e. The summed E-state index contributed by atoms with van der Waals surface area (Å²) in [5.41, 5.74) is 6.59. The van der Waals surface area contributed by atoms with Gasteiger partial charge in [0.15, 0.2) is 0 Å². The average molecular weight is 376 g/mol. The van der Waals surface area contributed by atoms with Crippen LogP contribution in [0.3, 0.4) is 0 Å². The van der Waals surface area contributed by atoms with Crippen molar-refractivity contribution in [2.75, 3.05) is 23.3 Å². The second kappa shape index (κ2) is 7.70. The number of rotatable bonds is 5. The molecule has 2 aromatic carbocycles. The Morgan fingerprint density at radius 1 is 1.14 bits per heavy atom. The van der Waals surface area contributed by atoms with Crippen molar-refractivity contribution in [2.45, 2.75) is 40.0 Å². The maximum absolute atomic E-state index is 12.8. The average Bonchev–Trinajstić information content (AvgIpc) is 3.07. The van der Waals surface area contributed by atoms with Gasteiger partial charge in [-0.2, -0.15) is 0 Å². The number of amides is 1. The first-order valence-electron chi connectivity index (χ1n) is 10.4. The molecular weight excluding hydrogens is 346 g/mol. The number of nitrogens with zero attached hydrogens (tertiary/aromatic N) is 1. The van der Waals surface area contributed by atoms with E-state index in [0.717, 1.165) is 37.1 Å². The molecule has 4 heteroatoms. The summed E-state index contributed by atoms with van der Waals surface area (Å²) in [4.78, 5) is 18.6. The fraction of sp³-hybridized carbons (Fsp3) is 0.375. The molecular formula is C24H29N3O. The van der Waals surface area contributed by atoms with Crippen LogP contribution in [0.15, 0.2) is 42.5 Å². The minimum atomic E-state index is -0.0590. The van der Waals surface area contributed by atoms with E-state index in [-0.39, 0.29) is 5.91 Å². The van der Waals surface area contributed by atoms with Crippen molar-refractivity contribution in [3.63, 3.8) is 0 Å². The van der Waals surface area contributed by atoms with Gasteiger partial charge < -0.3 is 15.2 Å². The number of H-pyrrole nitrogens is 1. The number of aromatic amines is 1. The third kappa shape index (κ3) is 3.51. The van der Waals surface area contributed by atoms with E-state index < -0.39 is 0 Å². The highest BCUT2D eigenvalue weighted by Crippen LogP contribution is 2.32. The van der Waals surface area contributed by atoms with Crippen LogP contribution in [0, 0.1) is 5.92 Å². The number of fused-ring (bicyclic) bond motifs is 3. The Morgan fingerprint density at radius 3 is 2.61 bits per heavy atom. The fourth-order valence-corrected chi connectivity index (χ4v) is 4.28. The zero-order valence-electron chi connectivity index (χ0n) is 17.0. The topological polar surface area (TPSA) is 48.1 Å². The number of benzene rings is 2. The van der Waals surface area contributed by atoms with E-state index in [1.807, 2.05) is 30.3 Å². The molecule has 1 amide bonds. The summed E-state index contributed by atoms with van der Waals surface area (Å²) in [5, 5.41) is 4.24. The molecule has 0 aliphatic heterocycles. The quantitative estimate of drug-likeness (QED) is 0.628. The van der Waals surface area contributed by atoms with E-state index in [4.69, 9.17) is 0 Å². The van der Waals surface area contributed by atoms with Crippen LogP contribution in [-0.4, -0.2) is 24.0 Å². The molecule has 1 aliphatic rings. The van der Waals surface area contributed by atoms with Crippen LogP contribution in [0.4, 0.5) is 11.4 Å². The number of aryl methyl sites for hydroxylation is 1.